The van der Waals surface area contributed by atoms with Crippen LogP contribution in [0.1, 0.15) is 5.56 Å². The number of benzene rings is 1. The summed E-state index contributed by atoms with van der Waals surface area (Å²) in [5.74, 6) is -0.146. The summed E-state index contributed by atoms with van der Waals surface area (Å²) in [6.45, 7) is 0.704. The molecule has 1 amide bonds. The van der Waals surface area contributed by atoms with E-state index in [9.17, 15) is 4.79 Å². The van der Waals surface area contributed by atoms with Gasteiger partial charge in [0, 0.05) is 25.7 Å². The van der Waals surface area contributed by atoms with Crippen molar-refractivity contribution in [3.05, 3.63) is 34.9 Å². The number of ether oxygens (including phenoxy) is 1. The maximum atomic E-state index is 11.8. The van der Waals surface area contributed by atoms with Crippen molar-refractivity contribution in [3.63, 3.8) is 0 Å². The molecule has 0 aliphatic heterocycles. The molecule has 1 rings (SSSR count). The summed E-state index contributed by atoms with van der Waals surface area (Å²) >= 11 is 5.87. The first-order chi connectivity index (χ1) is 8.04. The van der Waals surface area contributed by atoms with Crippen LogP contribution in [0, 0.1) is 0 Å². The van der Waals surface area contributed by atoms with Gasteiger partial charge < -0.3 is 15.4 Å². The van der Waals surface area contributed by atoms with Crippen molar-refractivity contribution >= 4 is 17.5 Å². The van der Waals surface area contributed by atoms with Crippen LogP contribution >= 0.6 is 11.6 Å². The minimum Gasteiger partial charge on any atom is -0.383 e. The molecule has 0 spiro atoms. The molecular formula is C12H17ClN2O2. The number of amides is 1. The molecule has 0 saturated heterocycles. The molecular weight excluding hydrogens is 240 g/mol. The molecule has 0 aliphatic rings. The van der Waals surface area contributed by atoms with Gasteiger partial charge in [0.25, 0.3) is 0 Å². The van der Waals surface area contributed by atoms with Gasteiger partial charge in [-0.2, -0.15) is 0 Å². The zero-order valence-electron chi connectivity index (χ0n) is 10.0. The van der Waals surface area contributed by atoms with E-state index < -0.39 is 6.04 Å². The first-order valence-corrected chi connectivity index (χ1v) is 5.66. The monoisotopic (exact) mass is 256 g/mol. The molecule has 0 saturated carbocycles. The summed E-state index contributed by atoms with van der Waals surface area (Å²) in [5, 5.41) is 0.657. The molecule has 1 aromatic rings. The van der Waals surface area contributed by atoms with E-state index in [1.54, 1.807) is 18.0 Å². The van der Waals surface area contributed by atoms with Crippen molar-refractivity contribution in [1.29, 1.82) is 0 Å². The van der Waals surface area contributed by atoms with Crippen LogP contribution in [0.25, 0.3) is 0 Å². The Morgan fingerprint density at radius 2 is 2.29 bits per heavy atom. The lowest BCUT2D eigenvalue weighted by atomic mass is 10.2. The number of methoxy groups -OCH3 is 1. The van der Waals surface area contributed by atoms with Gasteiger partial charge >= 0.3 is 0 Å². The molecule has 1 unspecified atom stereocenters. The van der Waals surface area contributed by atoms with Crippen molar-refractivity contribution in [2.24, 2.45) is 5.73 Å². The van der Waals surface area contributed by atoms with Crippen LogP contribution < -0.4 is 5.73 Å². The van der Waals surface area contributed by atoms with Crippen LogP contribution in [0.5, 0.6) is 0 Å². The van der Waals surface area contributed by atoms with Crippen LogP contribution in [0.15, 0.2) is 24.3 Å². The Balaban J connectivity index is 2.59. The van der Waals surface area contributed by atoms with Crippen LogP contribution in [0.3, 0.4) is 0 Å². The highest BCUT2D eigenvalue weighted by Crippen LogP contribution is 2.12. The number of nitrogens with zero attached hydrogens (tertiary/aromatic N) is 1. The summed E-state index contributed by atoms with van der Waals surface area (Å²) in [4.78, 5) is 13.4. The second kappa shape index (κ2) is 6.59. The van der Waals surface area contributed by atoms with Gasteiger partial charge in [0.15, 0.2) is 0 Å². The number of carbonyl (C=O) groups excluding carboxylic acids is 1. The van der Waals surface area contributed by atoms with E-state index in [4.69, 9.17) is 22.1 Å². The Labute approximate surface area is 106 Å². The molecule has 2 N–H and O–H groups in total. The molecule has 94 valence electrons. The highest BCUT2D eigenvalue weighted by molar-refractivity contribution is 6.30. The number of hydrogen-bond donors (Lipinski definition) is 1. The smallest absolute Gasteiger partial charge is 0.241 e. The third kappa shape index (κ3) is 4.34. The summed E-state index contributed by atoms with van der Waals surface area (Å²) in [5.41, 5.74) is 6.64. The molecule has 1 atom stereocenters. The topological polar surface area (TPSA) is 55.6 Å². The van der Waals surface area contributed by atoms with Gasteiger partial charge in [-0.05, 0) is 17.7 Å². The Morgan fingerprint density at radius 1 is 1.59 bits per heavy atom. The normalized spacial score (nSPS) is 12.2. The number of carbonyl (C=O) groups is 1. The molecule has 0 bridgehead atoms. The quantitative estimate of drug-likeness (QED) is 0.863. The van der Waals surface area contributed by atoms with E-state index in [0.29, 0.717) is 11.6 Å². The lowest BCUT2D eigenvalue weighted by Gasteiger charge is -2.21. The summed E-state index contributed by atoms with van der Waals surface area (Å²) in [6, 6.07) is 6.77. The Kier molecular flexibility index (Phi) is 5.41. The van der Waals surface area contributed by atoms with Gasteiger partial charge in [-0.25, -0.2) is 0 Å². The lowest BCUT2D eigenvalue weighted by Crippen LogP contribution is -2.44. The van der Waals surface area contributed by atoms with Crippen LogP contribution in [0.2, 0.25) is 5.02 Å². The zero-order valence-corrected chi connectivity index (χ0v) is 10.8. The SMILES string of the molecule is COCC(N)C(=O)N(C)Cc1cccc(Cl)c1. The molecule has 1 aromatic carbocycles. The Bertz CT molecular complexity index is 385. The highest BCUT2D eigenvalue weighted by atomic mass is 35.5. The van der Waals surface area contributed by atoms with Crippen molar-refractivity contribution in [2.45, 2.75) is 12.6 Å². The third-order valence-electron chi connectivity index (χ3n) is 2.35. The minimum absolute atomic E-state index is 0.146. The number of nitrogens with two attached hydrogens (primary N) is 1. The molecule has 0 aromatic heterocycles. The van der Waals surface area contributed by atoms with Gasteiger partial charge in [0.05, 0.1) is 6.61 Å². The Hall–Kier alpha value is -1.10. The molecule has 4 nitrogen and oxygen atoms in total. The minimum atomic E-state index is -0.621. The van der Waals surface area contributed by atoms with Crippen molar-refractivity contribution in [3.8, 4) is 0 Å². The molecule has 17 heavy (non-hydrogen) atoms. The molecule has 0 radical (unpaired) electrons. The zero-order chi connectivity index (χ0) is 12.8. The van der Waals surface area contributed by atoms with Gasteiger partial charge in [-0.1, -0.05) is 23.7 Å². The first kappa shape index (κ1) is 14.0. The van der Waals surface area contributed by atoms with E-state index in [0.717, 1.165) is 5.56 Å². The predicted octanol–water partition coefficient (Wildman–Crippen LogP) is 1.27. The average molecular weight is 257 g/mol. The number of likely N-dealkylation sites (N-methyl/N-ethyl adjacent to an activating group) is 1. The van der Waals surface area contributed by atoms with Gasteiger partial charge in [-0.3, -0.25) is 4.79 Å². The van der Waals surface area contributed by atoms with Crippen molar-refractivity contribution in [1.82, 2.24) is 4.90 Å². The van der Waals surface area contributed by atoms with E-state index in [2.05, 4.69) is 0 Å². The third-order valence-corrected chi connectivity index (χ3v) is 2.58. The van der Waals surface area contributed by atoms with E-state index in [1.807, 2.05) is 18.2 Å². The largest absolute Gasteiger partial charge is 0.383 e. The van der Waals surface area contributed by atoms with E-state index in [1.165, 1.54) is 7.11 Å². The first-order valence-electron chi connectivity index (χ1n) is 5.28. The lowest BCUT2D eigenvalue weighted by molar-refractivity contribution is -0.132. The molecule has 0 fully saturated rings. The number of hydrogen-bond acceptors (Lipinski definition) is 3. The molecule has 0 heterocycles. The predicted molar refractivity (Wildman–Crippen MR) is 67.8 cm³/mol. The Morgan fingerprint density at radius 3 is 2.88 bits per heavy atom. The van der Waals surface area contributed by atoms with Crippen LogP contribution in [0.4, 0.5) is 0 Å². The van der Waals surface area contributed by atoms with Crippen molar-refractivity contribution < 1.29 is 9.53 Å². The second-order valence-electron chi connectivity index (χ2n) is 3.89. The number of rotatable bonds is 5. The maximum absolute atomic E-state index is 11.8. The fourth-order valence-corrected chi connectivity index (χ4v) is 1.73. The van der Waals surface area contributed by atoms with Gasteiger partial charge in [0.2, 0.25) is 5.91 Å². The van der Waals surface area contributed by atoms with Gasteiger partial charge in [-0.15, -0.1) is 0 Å². The van der Waals surface area contributed by atoms with Gasteiger partial charge in [0.1, 0.15) is 6.04 Å². The van der Waals surface area contributed by atoms with Crippen molar-refractivity contribution in [2.75, 3.05) is 20.8 Å². The standard InChI is InChI=1S/C12H17ClN2O2/c1-15(12(16)11(14)8-17-2)7-9-4-3-5-10(13)6-9/h3-6,11H,7-8,14H2,1-2H3. The fourth-order valence-electron chi connectivity index (χ4n) is 1.52. The maximum Gasteiger partial charge on any atom is 0.241 e. The molecule has 5 heteroatoms. The van der Waals surface area contributed by atoms with E-state index >= 15 is 0 Å². The summed E-state index contributed by atoms with van der Waals surface area (Å²) < 4.78 is 4.85. The van der Waals surface area contributed by atoms with Crippen LogP contribution in [-0.4, -0.2) is 37.6 Å². The summed E-state index contributed by atoms with van der Waals surface area (Å²) in [7, 11) is 3.23. The van der Waals surface area contributed by atoms with Crippen LogP contribution in [-0.2, 0) is 16.1 Å². The average Bonchev–Trinajstić information content (AvgIpc) is 2.28. The highest BCUT2D eigenvalue weighted by Gasteiger charge is 2.17. The number of halogens is 1. The second-order valence-corrected chi connectivity index (χ2v) is 4.32. The van der Waals surface area contributed by atoms with E-state index in [-0.39, 0.29) is 12.5 Å². The summed E-state index contributed by atoms with van der Waals surface area (Å²) in [6.07, 6.45) is 0. The molecule has 0 aliphatic carbocycles. The fraction of sp³-hybridized carbons (Fsp3) is 0.417.